The zero-order chi connectivity index (χ0) is 18.1. The number of aromatic amines is 1. The number of fused-ring (bicyclic) bond motifs is 3. The number of benzene rings is 2. The van der Waals surface area contributed by atoms with Crippen molar-refractivity contribution in [3.8, 4) is 0 Å². The number of aromatic nitrogens is 1. The first-order valence-corrected chi connectivity index (χ1v) is 8.87. The normalized spacial score (nSPS) is 16.1. The van der Waals surface area contributed by atoms with Crippen molar-refractivity contribution in [3.63, 3.8) is 0 Å². The van der Waals surface area contributed by atoms with Crippen LogP contribution in [-0.2, 0) is 22.4 Å². The molecule has 0 aliphatic heterocycles. The highest BCUT2D eigenvalue weighted by molar-refractivity contribution is 5.95. The van der Waals surface area contributed by atoms with Crippen LogP contribution in [0.15, 0.2) is 48.5 Å². The van der Waals surface area contributed by atoms with Gasteiger partial charge >= 0.3 is 0 Å². The fraction of sp³-hybridized carbons (Fsp3) is 0.238. The third-order valence-corrected chi connectivity index (χ3v) is 4.92. The number of rotatable bonds is 3. The lowest BCUT2D eigenvalue weighted by Crippen LogP contribution is -2.28. The molecule has 1 aliphatic carbocycles. The third-order valence-electron chi connectivity index (χ3n) is 4.92. The average molecular weight is 347 g/mol. The van der Waals surface area contributed by atoms with Crippen LogP contribution in [0.5, 0.6) is 0 Å². The van der Waals surface area contributed by atoms with Crippen molar-refractivity contribution >= 4 is 34.1 Å². The number of anilines is 2. The van der Waals surface area contributed by atoms with Crippen LogP contribution in [0.25, 0.3) is 10.9 Å². The van der Waals surface area contributed by atoms with E-state index in [1.54, 1.807) is 12.1 Å². The first kappa shape index (κ1) is 16.4. The smallest absolute Gasteiger partial charge is 0.227 e. The molecule has 0 radical (unpaired) electrons. The molecule has 0 saturated carbocycles. The molecule has 26 heavy (non-hydrogen) atoms. The Morgan fingerprint density at radius 2 is 1.81 bits per heavy atom. The molecule has 0 fully saturated rings. The van der Waals surface area contributed by atoms with E-state index in [0.29, 0.717) is 11.4 Å². The zero-order valence-electron chi connectivity index (χ0n) is 14.6. The Morgan fingerprint density at radius 1 is 1.04 bits per heavy atom. The van der Waals surface area contributed by atoms with Gasteiger partial charge in [0.2, 0.25) is 11.8 Å². The van der Waals surface area contributed by atoms with Crippen molar-refractivity contribution in [2.24, 2.45) is 5.92 Å². The lowest BCUT2D eigenvalue weighted by Gasteiger charge is -2.22. The minimum Gasteiger partial charge on any atom is -0.358 e. The summed E-state index contributed by atoms with van der Waals surface area (Å²) in [4.78, 5) is 27.4. The van der Waals surface area contributed by atoms with E-state index >= 15 is 0 Å². The molecule has 0 bridgehead atoms. The van der Waals surface area contributed by atoms with Gasteiger partial charge in [-0.15, -0.1) is 0 Å². The third kappa shape index (κ3) is 3.20. The number of amides is 2. The topological polar surface area (TPSA) is 74.0 Å². The molecular formula is C21H21N3O2. The summed E-state index contributed by atoms with van der Waals surface area (Å²) in [5.74, 6) is -0.153. The summed E-state index contributed by atoms with van der Waals surface area (Å²) in [5.41, 5.74) is 5.03. The molecular weight excluding hydrogens is 326 g/mol. The van der Waals surface area contributed by atoms with Crippen molar-refractivity contribution in [1.82, 2.24) is 4.98 Å². The van der Waals surface area contributed by atoms with E-state index in [1.807, 2.05) is 24.3 Å². The Morgan fingerprint density at radius 3 is 2.62 bits per heavy atom. The van der Waals surface area contributed by atoms with Crippen LogP contribution >= 0.6 is 0 Å². The van der Waals surface area contributed by atoms with Gasteiger partial charge < -0.3 is 15.6 Å². The highest BCUT2D eigenvalue weighted by Crippen LogP contribution is 2.32. The van der Waals surface area contributed by atoms with Crippen molar-refractivity contribution < 1.29 is 9.59 Å². The number of carbonyl (C=O) groups excluding carboxylic acids is 2. The van der Waals surface area contributed by atoms with Gasteiger partial charge in [0.1, 0.15) is 0 Å². The predicted molar refractivity (Wildman–Crippen MR) is 103 cm³/mol. The van der Waals surface area contributed by atoms with Gasteiger partial charge in [0.25, 0.3) is 0 Å². The van der Waals surface area contributed by atoms with Gasteiger partial charge in [-0.2, -0.15) is 0 Å². The van der Waals surface area contributed by atoms with Crippen molar-refractivity contribution in [2.75, 3.05) is 10.6 Å². The van der Waals surface area contributed by atoms with E-state index in [9.17, 15) is 9.59 Å². The monoisotopic (exact) mass is 347 g/mol. The van der Waals surface area contributed by atoms with E-state index in [4.69, 9.17) is 0 Å². The highest BCUT2D eigenvalue weighted by atomic mass is 16.2. The molecule has 3 N–H and O–H groups in total. The largest absolute Gasteiger partial charge is 0.358 e. The molecule has 0 saturated heterocycles. The number of hydrogen-bond acceptors (Lipinski definition) is 2. The van der Waals surface area contributed by atoms with Crippen LogP contribution in [0.2, 0.25) is 0 Å². The second-order valence-electron chi connectivity index (χ2n) is 6.82. The zero-order valence-corrected chi connectivity index (χ0v) is 14.6. The molecule has 1 atom stereocenters. The van der Waals surface area contributed by atoms with E-state index in [-0.39, 0.29) is 17.7 Å². The summed E-state index contributed by atoms with van der Waals surface area (Å²) < 4.78 is 0. The first-order chi connectivity index (χ1) is 12.6. The van der Waals surface area contributed by atoms with Gasteiger partial charge in [-0.25, -0.2) is 0 Å². The predicted octanol–water partition coefficient (Wildman–Crippen LogP) is 3.87. The molecule has 1 aromatic heterocycles. The Bertz CT molecular complexity index is 990. The summed E-state index contributed by atoms with van der Waals surface area (Å²) in [6.07, 6.45) is 2.46. The maximum Gasteiger partial charge on any atom is 0.227 e. The first-order valence-electron chi connectivity index (χ1n) is 8.87. The summed E-state index contributed by atoms with van der Waals surface area (Å²) in [7, 11) is 0. The number of carbonyl (C=O) groups is 2. The van der Waals surface area contributed by atoms with Crippen LogP contribution in [0, 0.1) is 5.92 Å². The van der Waals surface area contributed by atoms with Gasteiger partial charge in [0, 0.05) is 40.8 Å². The Kier molecular flexibility index (Phi) is 4.21. The Balaban J connectivity index is 1.50. The minimum atomic E-state index is -0.132. The minimum absolute atomic E-state index is 0.0286. The Hall–Kier alpha value is -3.08. The molecule has 132 valence electrons. The van der Waals surface area contributed by atoms with Gasteiger partial charge in [-0.1, -0.05) is 24.3 Å². The molecule has 1 heterocycles. The molecule has 0 spiro atoms. The van der Waals surface area contributed by atoms with Gasteiger partial charge in [-0.05, 0) is 49.1 Å². The number of H-pyrrole nitrogens is 1. The molecule has 3 aromatic rings. The molecule has 5 heteroatoms. The SMILES string of the molecule is CC(=O)Nc1cccc(NC(=O)C2CCc3[nH]c4ccccc4c3C2)c1. The van der Waals surface area contributed by atoms with E-state index in [2.05, 4.69) is 27.8 Å². The van der Waals surface area contributed by atoms with Crippen molar-refractivity contribution in [3.05, 3.63) is 59.8 Å². The van der Waals surface area contributed by atoms with Crippen LogP contribution in [-0.4, -0.2) is 16.8 Å². The van der Waals surface area contributed by atoms with Gasteiger partial charge in [0.15, 0.2) is 0 Å². The lowest BCUT2D eigenvalue weighted by atomic mass is 9.86. The fourth-order valence-electron chi connectivity index (χ4n) is 3.72. The van der Waals surface area contributed by atoms with Crippen molar-refractivity contribution in [2.45, 2.75) is 26.2 Å². The van der Waals surface area contributed by atoms with Gasteiger partial charge in [0.05, 0.1) is 0 Å². The standard InChI is InChI=1S/C21H21N3O2/c1-13(25)22-15-5-4-6-16(12-15)23-21(26)14-9-10-20-18(11-14)17-7-2-3-8-19(17)24-20/h2-8,12,14,24H,9-11H2,1H3,(H,22,25)(H,23,26). The maximum absolute atomic E-state index is 12.8. The van der Waals surface area contributed by atoms with Crippen LogP contribution in [0.4, 0.5) is 11.4 Å². The highest BCUT2D eigenvalue weighted by Gasteiger charge is 2.27. The van der Waals surface area contributed by atoms with Crippen LogP contribution in [0.1, 0.15) is 24.6 Å². The van der Waals surface area contributed by atoms with Crippen LogP contribution in [0.3, 0.4) is 0 Å². The van der Waals surface area contributed by atoms with Crippen LogP contribution < -0.4 is 10.6 Å². The molecule has 5 nitrogen and oxygen atoms in total. The van der Waals surface area contributed by atoms with E-state index in [1.165, 1.54) is 23.6 Å². The number of hydrogen-bond donors (Lipinski definition) is 3. The number of para-hydroxylation sites is 1. The average Bonchev–Trinajstić information content (AvgIpc) is 2.99. The lowest BCUT2D eigenvalue weighted by molar-refractivity contribution is -0.120. The molecule has 1 unspecified atom stereocenters. The van der Waals surface area contributed by atoms with Gasteiger partial charge in [-0.3, -0.25) is 9.59 Å². The second kappa shape index (κ2) is 6.67. The summed E-state index contributed by atoms with van der Waals surface area (Å²) in [6.45, 7) is 1.46. The quantitative estimate of drug-likeness (QED) is 0.673. The van der Waals surface area contributed by atoms with E-state index in [0.717, 1.165) is 24.8 Å². The molecule has 2 aromatic carbocycles. The number of aryl methyl sites for hydroxylation is 1. The summed E-state index contributed by atoms with van der Waals surface area (Å²) in [5, 5.41) is 6.94. The number of nitrogens with one attached hydrogen (secondary N) is 3. The van der Waals surface area contributed by atoms with Crippen molar-refractivity contribution in [1.29, 1.82) is 0 Å². The molecule has 1 aliphatic rings. The Labute approximate surface area is 151 Å². The summed E-state index contributed by atoms with van der Waals surface area (Å²) >= 11 is 0. The maximum atomic E-state index is 12.8. The molecule has 4 rings (SSSR count). The fourth-order valence-corrected chi connectivity index (χ4v) is 3.72. The molecule has 2 amide bonds. The summed E-state index contributed by atoms with van der Waals surface area (Å²) in [6, 6.07) is 15.5. The second-order valence-corrected chi connectivity index (χ2v) is 6.82. The van der Waals surface area contributed by atoms with E-state index < -0.39 is 0 Å².